The zero-order valence-electron chi connectivity index (χ0n) is 14.6. The average molecular weight is 395 g/mol. The first kappa shape index (κ1) is 19.4. The van der Waals surface area contributed by atoms with Gasteiger partial charge in [-0.3, -0.25) is 4.79 Å². The molecule has 0 bridgehead atoms. The SMILES string of the molecule is C#C/C=C\NC1=NC=C(C(=O)c2cc(NSc3ccc(F)cc3)ccc2F)C1. The van der Waals surface area contributed by atoms with E-state index in [1.165, 1.54) is 60.8 Å². The highest BCUT2D eigenvalue weighted by Crippen LogP contribution is 2.25. The largest absolute Gasteiger partial charge is 0.349 e. The quantitative estimate of drug-likeness (QED) is 0.423. The molecule has 0 saturated heterocycles. The minimum Gasteiger partial charge on any atom is -0.349 e. The highest BCUT2D eigenvalue weighted by Gasteiger charge is 2.21. The molecule has 140 valence electrons. The fraction of sp³-hybridized carbons (Fsp3) is 0.0476. The van der Waals surface area contributed by atoms with Gasteiger partial charge in [0.1, 0.15) is 17.5 Å². The molecule has 2 aromatic rings. The Morgan fingerprint density at radius 3 is 2.75 bits per heavy atom. The maximum Gasteiger partial charge on any atom is 0.194 e. The van der Waals surface area contributed by atoms with Gasteiger partial charge in [0.2, 0.25) is 0 Å². The van der Waals surface area contributed by atoms with Gasteiger partial charge in [0, 0.05) is 41.1 Å². The van der Waals surface area contributed by atoms with Crippen LogP contribution in [0.15, 0.2) is 76.4 Å². The van der Waals surface area contributed by atoms with Gasteiger partial charge in [-0.15, -0.1) is 6.42 Å². The molecule has 0 unspecified atom stereocenters. The van der Waals surface area contributed by atoms with Crippen molar-refractivity contribution >= 4 is 29.3 Å². The van der Waals surface area contributed by atoms with Gasteiger partial charge >= 0.3 is 0 Å². The summed E-state index contributed by atoms with van der Waals surface area (Å²) in [4.78, 5) is 17.6. The van der Waals surface area contributed by atoms with Crippen molar-refractivity contribution in [2.45, 2.75) is 11.3 Å². The van der Waals surface area contributed by atoms with Crippen LogP contribution in [0.2, 0.25) is 0 Å². The highest BCUT2D eigenvalue weighted by molar-refractivity contribution is 8.00. The predicted molar refractivity (Wildman–Crippen MR) is 108 cm³/mol. The molecule has 0 aromatic heterocycles. The number of terminal acetylenes is 1. The second kappa shape index (κ2) is 9.02. The Morgan fingerprint density at radius 2 is 2.00 bits per heavy atom. The van der Waals surface area contributed by atoms with Crippen molar-refractivity contribution in [1.29, 1.82) is 0 Å². The Bertz CT molecular complexity index is 1020. The molecular formula is C21H15F2N3OS. The van der Waals surface area contributed by atoms with E-state index < -0.39 is 11.6 Å². The predicted octanol–water partition coefficient (Wildman–Crippen LogP) is 4.69. The molecule has 28 heavy (non-hydrogen) atoms. The number of carbonyl (C=O) groups excluding carboxylic acids is 1. The van der Waals surface area contributed by atoms with Crippen molar-refractivity contribution in [2.75, 3.05) is 4.72 Å². The number of nitrogens with one attached hydrogen (secondary N) is 2. The Hall–Kier alpha value is -3.37. The number of nitrogens with zero attached hydrogens (tertiary/aromatic N) is 1. The van der Waals surface area contributed by atoms with Gasteiger partial charge in [-0.1, -0.05) is 5.92 Å². The van der Waals surface area contributed by atoms with Crippen LogP contribution in [0, 0.1) is 24.0 Å². The van der Waals surface area contributed by atoms with Gasteiger partial charge in [-0.05, 0) is 54.4 Å². The number of halogens is 2. The molecule has 0 radical (unpaired) electrons. The van der Waals surface area contributed by atoms with E-state index >= 15 is 0 Å². The lowest BCUT2D eigenvalue weighted by Gasteiger charge is -2.09. The van der Waals surface area contributed by atoms with E-state index in [2.05, 4.69) is 21.0 Å². The molecular weight excluding hydrogens is 380 g/mol. The van der Waals surface area contributed by atoms with Crippen LogP contribution in [0.25, 0.3) is 0 Å². The fourth-order valence-corrected chi connectivity index (χ4v) is 3.03. The number of rotatable bonds is 6. The van der Waals surface area contributed by atoms with Crippen LogP contribution < -0.4 is 10.0 Å². The summed E-state index contributed by atoms with van der Waals surface area (Å²) in [6.07, 6.45) is 9.80. The van der Waals surface area contributed by atoms with Crippen molar-refractivity contribution in [3.05, 3.63) is 83.7 Å². The van der Waals surface area contributed by atoms with Crippen molar-refractivity contribution in [1.82, 2.24) is 5.32 Å². The molecule has 7 heteroatoms. The van der Waals surface area contributed by atoms with E-state index in [1.54, 1.807) is 12.1 Å². The Morgan fingerprint density at radius 1 is 1.21 bits per heavy atom. The summed E-state index contributed by atoms with van der Waals surface area (Å²) in [6.45, 7) is 0. The van der Waals surface area contributed by atoms with Gasteiger partial charge in [0.25, 0.3) is 0 Å². The van der Waals surface area contributed by atoms with E-state index in [9.17, 15) is 13.6 Å². The number of hydrogen-bond acceptors (Lipinski definition) is 5. The van der Waals surface area contributed by atoms with Gasteiger partial charge in [0.15, 0.2) is 5.78 Å². The van der Waals surface area contributed by atoms with Crippen LogP contribution in [-0.4, -0.2) is 11.6 Å². The second-order valence-electron chi connectivity index (χ2n) is 5.73. The van der Waals surface area contributed by atoms with Crippen LogP contribution >= 0.6 is 11.9 Å². The number of allylic oxidation sites excluding steroid dienone is 1. The molecule has 0 amide bonds. The van der Waals surface area contributed by atoms with Crippen molar-refractivity contribution in [3.63, 3.8) is 0 Å². The normalized spacial score (nSPS) is 13.0. The maximum absolute atomic E-state index is 14.2. The maximum atomic E-state index is 14.2. The Balaban J connectivity index is 1.66. The topological polar surface area (TPSA) is 53.5 Å². The average Bonchev–Trinajstić information content (AvgIpc) is 3.17. The van der Waals surface area contributed by atoms with Crippen LogP contribution in [0.3, 0.4) is 0 Å². The van der Waals surface area contributed by atoms with E-state index in [-0.39, 0.29) is 17.8 Å². The number of benzene rings is 2. The first-order chi connectivity index (χ1) is 13.6. The van der Waals surface area contributed by atoms with E-state index in [1.807, 2.05) is 0 Å². The van der Waals surface area contributed by atoms with Crippen molar-refractivity contribution in [2.24, 2.45) is 4.99 Å². The second-order valence-corrected chi connectivity index (χ2v) is 6.61. The molecule has 0 aliphatic carbocycles. The summed E-state index contributed by atoms with van der Waals surface area (Å²) >= 11 is 1.23. The lowest BCUT2D eigenvalue weighted by molar-refractivity contribution is 0.102. The molecule has 4 nitrogen and oxygen atoms in total. The smallest absolute Gasteiger partial charge is 0.194 e. The van der Waals surface area contributed by atoms with Crippen LogP contribution in [0.1, 0.15) is 16.8 Å². The monoisotopic (exact) mass is 395 g/mol. The zero-order valence-corrected chi connectivity index (χ0v) is 15.4. The molecule has 0 spiro atoms. The highest BCUT2D eigenvalue weighted by atomic mass is 32.2. The Kier molecular flexibility index (Phi) is 6.25. The van der Waals surface area contributed by atoms with E-state index in [0.29, 0.717) is 17.1 Å². The minimum atomic E-state index is -0.614. The molecule has 0 saturated carbocycles. The summed E-state index contributed by atoms with van der Waals surface area (Å²) in [6, 6.07) is 10.1. The molecule has 3 rings (SSSR count). The molecule has 1 aliphatic heterocycles. The molecule has 1 aliphatic rings. The lowest BCUT2D eigenvalue weighted by atomic mass is 10.0. The number of aliphatic imine (C=N–C) groups is 1. The van der Waals surface area contributed by atoms with E-state index in [0.717, 1.165) is 4.90 Å². The third-order valence-corrected chi connectivity index (χ3v) is 4.61. The molecule has 0 fully saturated rings. The van der Waals surface area contributed by atoms with Crippen LogP contribution in [-0.2, 0) is 0 Å². The Labute approximate surface area is 165 Å². The number of hydrogen-bond donors (Lipinski definition) is 2. The van der Waals surface area contributed by atoms with Gasteiger partial charge < -0.3 is 10.0 Å². The minimum absolute atomic E-state index is 0.0495. The standard InChI is InChI=1S/C21H15F2N3OS/c1-2-3-10-24-20-11-14(13-25-20)21(27)18-12-16(6-9-19(18)23)26-28-17-7-4-15(22)5-8-17/h1,3-10,12-13,26H,11H2,(H,24,25)/b10-3-. The summed E-state index contributed by atoms with van der Waals surface area (Å²) < 4.78 is 30.2. The summed E-state index contributed by atoms with van der Waals surface area (Å²) in [5, 5.41) is 2.87. The van der Waals surface area contributed by atoms with Crippen LogP contribution in [0.5, 0.6) is 0 Å². The fourth-order valence-electron chi connectivity index (χ4n) is 2.40. The van der Waals surface area contributed by atoms with Gasteiger partial charge in [0.05, 0.1) is 5.56 Å². The number of amidine groups is 1. The molecule has 0 atom stereocenters. The van der Waals surface area contributed by atoms with Gasteiger partial charge in [-0.25, -0.2) is 13.8 Å². The van der Waals surface area contributed by atoms with Crippen LogP contribution in [0.4, 0.5) is 14.5 Å². The first-order valence-corrected chi connectivity index (χ1v) is 9.04. The third kappa shape index (κ3) is 4.87. The first-order valence-electron chi connectivity index (χ1n) is 8.23. The molecule has 1 heterocycles. The van der Waals surface area contributed by atoms with Crippen molar-refractivity contribution < 1.29 is 13.6 Å². The number of carbonyl (C=O) groups is 1. The summed E-state index contributed by atoms with van der Waals surface area (Å²) in [5.74, 6) is 1.51. The van der Waals surface area contributed by atoms with Crippen molar-refractivity contribution in [3.8, 4) is 12.3 Å². The lowest BCUT2D eigenvalue weighted by Crippen LogP contribution is -2.17. The number of ketones is 1. The summed E-state index contributed by atoms with van der Waals surface area (Å²) in [7, 11) is 0. The number of Topliss-reactive ketones (excluding diaryl/α,β-unsaturated/α-hetero) is 1. The molecule has 2 N–H and O–H groups in total. The summed E-state index contributed by atoms with van der Waals surface area (Å²) in [5.41, 5.74) is 0.874. The van der Waals surface area contributed by atoms with E-state index in [4.69, 9.17) is 6.42 Å². The zero-order chi connectivity index (χ0) is 19.9. The molecule has 2 aromatic carbocycles. The van der Waals surface area contributed by atoms with Gasteiger partial charge in [-0.2, -0.15) is 0 Å². The third-order valence-electron chi connectivity index (χ3n) is 3.77. The number of anilines is 1.